The molecule has 0 spiro atoms. The van der Waals surface area contributed by atoms with Gasteiger partial charge in [0.1, 0.15) is 18.8 Å². The summed E-state index contributed by atoms with van der Waals surface area (Å²) in [4.78, 5) is 20.6. The summed E-state index contributed by atoms with van der Waals surface area (Å²) in [6.45, 7) is 5.66. The first kappa shape index (κ1) is 22.9. The first-order chi connectivity index (χ1) is 16.4. The van der Waals surface area contributed by atoms with E-state index in [1.165, 1.54) is 6.20 Å². The largest absolute Gasteiger partial charge is 0.457 e. The molecule has 178 valence electrons. The first-order valence-corrected chi connectivity index (χ1v) is 11.5. The van der Waals surface area contributed by atoms with E-state index in [1.807, 2.05) is 19.1 Å². The van der Waals surface area contributed by atoms with Gasteiger partial charge < -0.3 is 19.7 Å². The van der Waals surface area contributed by atoms with Crippen molar-refractivity contribution in [1.29, 1.82) is 5.26 Å². The molecule has 1 aromatic carbocycles. The zero-order chi connectivity index (χ0) is 23.8. The highest BCUT2D eigenvalue weighted by Gasteiger charge is 2.39. The molecule has 2 N–H and O–H groups in total. The number of aliphatic hydroxyl groups is 2. The van der Waals surface area contributed by atoms with Crippen molar-refractivity contribution in [3.05, 3.63) is 64.0 Å². The molecule has 0 amide bonds. The second-order valence-electron chi connectivity index (χ2n) is 9.26. The first-order valence-electron chi connectivity index (χ1n) is 11.5. The predicted octanol–water partition coefficient (Wildman–Crippen LogP) is 1.08. The summed E-state index contributed by atoms with van der Waals surface area (Å²) in [6.07, 6.45) is 0.0414. The van der Waals surface area contributed by atoms with Crippen molar-refractivity contribution in [2.24, 2.45) is 0 Å². The van der Waals surface area contributed by atoms with Crippen LogP contribution in [0.3, 0.4) is 0 Å². The van der Waals surface area contributed by atoms with Gasteiger partial charge in [-0.15, -0.1) is 0 Å². The molecule has 3 aliphatic rings. The zero-order valence-corrected chi connectivity index (χ0v) is 19.1. The van der Waals surface area contributed by atoms with E-state index >= 15 is 0 Å². The third-order valence-corrected chi connectivity index (χ3v) is 7.14. The van der Waals surface area contributed by atoms with Gasteiger partial charge >= 0.3 is 5.97 Å². The Hall–Kier alpha value is -2.87. The van der Waals surface area contributed by atoms with Crippen molar-refractivity contribution in [3.63, 3.8) is 0 Å². The van der Waals surface area contributed by atoms with E-state index in [4.69, 9.17) is 14.7 Å². The molecule has 2 bridgehead atoms. The Kier molecular flexibility index (Phi) is 6.34. The van der Waals surface area contributed by atoms with Crippen LogP contribution in [0.15, 0.2) is 30.5 Å². The number of aliphatic hydroxyl groups excluding tert-OH is 2. The predicted molar refractivity (Wildman–Crippen MR) is 121 cm³/mol. The molecule has 2 fully saturated rings. The summed E-state index contributed by atoms with van der Waals surface area (Å²) in [7, 11) is 0. The number of nitrogens with zero attached hydrogens (tertiary/aromatic N) is 4. The van der Waals surface area contributed by atoms with E-state index in [9.17, 15) is 15.0 Å². The fourth-order valence-electron chi connectivity index (χ4n) is 5.30. The molecule has 4 heterocycles. The average molecular weight is 465 g/mol. The fourth-order valence-corrected chi connectivity index (χ4v) is 5.30. The molecule has 3 aliphatic heterocycles. The van der Waals surface area contributed by atoms with E-state index in [0.717, 1.165) is 16.7 Å². The summed E-state index contributed by atoms with van der Waals surface area (Å²) in [5.74, 6) is -0.304. The Balaban J connectivity index is 1.24. The number of nitriles is 1. The lowest BCUT2D eigenvalue weighted by Gasteiger charge is -2.50. The maximum absolute atomic E-state index is 11.8. The smallest absolute Gasteiger partial charge is 0.338 e. The lowest BCUT2D eigenvalue weighted by molar-refractivity contribution is -0.113. The zero-order valence-electron chi connectivity index (χ0n) is 19.1. The molecule has 5 rings (SSSR count). The summed E-state index contributed by atoms with van der Waals surface area (Å²) < 4.78 is 10.9. The summed E-state index contributed by atoms with van der Waals surface area (Å²) >= 11 is 0. The molecule has 0 aliphatic carbocycles. The number of benzene rings is 1. The van der Waals surface area contributed by atoms with Gasteiger partial charge in [-0.25, -0.2) is 4.79 Å². The number of carbonyl (C=O) groups is 1. The van der Waals surface area contributed by atoms with Crippen molar-refractivity contribution in [2.75, 3.05) is 39.4 Å². The van der Waals surface area contributed by atoms with Crippen LogP contribution < -0.4 is 0 Å². The normalized spacial score (nSPS) is 24.2. The molecule has 2 saturated heterocycles. The van der Waals surface area contributed by atoms with E-state index in [2.05, 4.69) is 14.8 Å². The lowest BCUT2D eigenvalue weighted by atomic mass is 9.94. The molecule has 2 aromatic rings. The van der Waals surface area contributed by atoms with Gasteiger partial charge in [-0.1, -0.05) is 6.07 Å². The van der Waals surface area contributed by atoms with Crippen LogP contribution in [0.2, 0.25) is 0 Å². The van der Waals surface area contributed by atoms with Crippen LogP contribution in [0.5, 0.6) is 0 Å². The van der Waals surface area contributed by atoms with E-state index in [1.54, 1.807) is 18.2 Å². The highest BCUT2D eigenvalue weighted by molar-refractivity contribution is 5.93. The molecule has 0 saturated carbocycles. The van der Waals surface area contributed by atoms with Crippen molar-refractivity contribution in [3.8, 4) is 6.07 Å². The van der Waals surface area contributed by atoms with Crippen molar-refractivity contribution < 1.29 is 24.5 Å². The molecule has 9 nitrogen and oxygen atoms in total. The van der Waals surface area contributed by atoms with Gasteiger partial charge in [0.25, 0.3) is 0 Å². The van der Waals surface area contributed by atoms with Crippen LogP contribution in [0, 0.1) is 18.3 Å². The van der Waals surface area contributed by atoms with Crippen LogP contribution in [0.1, 0.15) is 50.5 Å². The SMILES string of the molecule is Cc1c(C(O)CN2CC3COCC(C2)N3CC(O)c2ccc(C#N)cn2)ccc2c1COC2=O. The number of morpholine rings is 1. The number of rotatable bonds is 6. The van der Waals surface area contributed by atoms with Crippen molar-refractivity contribution in [1.82, 2.24) is 14.8 Å². The minimum absolute atomic E-state index is 0.0971. The van der Waals surface area contributed by atoms with Crippen LogP contribution in [0.25, 0.3) is 0 Å². The lowest BCUT2D eigenvalue weighted by Crippen LogP contribution is -2.65. The van der Waals surface area contributed by atoms with E-state index < -0.39 is 12.2 Å². The van der Waals surface area contributed by atoms with Gasteiger partial charge in [-0.05, 0) is 36.2 Å². The quantitative estimate of drug-likeness (QED) is 0.605. The summed E-state index contributed by atoms with van der Waals surface area (Å²) in [5.41, 5.74) is 4.20. The number of hydrogen-bond donors (Lipinski definition) is 2. The number of fused-ring (bicyclic) bond motifs is 3. The van der Waals surface area contributed by atoms with Gasteiger partial charge in [0.15, 0.2) is 0 Å². The summed E-state index contributed by atoms with van der Waals surface area (Å²) in [6, 6.07) is 9.16. The van der Waals surface area contributed by atoms with Crippen LogP contribution in [0.4, 0.5) is 0 Å². The third-order valence-electron chi connectivity index (χ3n) is 7.14. The van der Waals surface area contributed by atoms with Gasteiger partial charge in [0, 0.05) is 50.0 Å². The topological polar surface area (TPSA) is 119 Å². The minimum atomic E-state index is -0.757. The van der Waals surface area contributed by atoms with Crippen molar-refractivity contribution in [2.45, 2.75) is 37.8 Å². The molecular formula is C25H28N4O5. The maximum atomic E-state index is 11.8. The fraction of sp³-hybridized carbons (Fsp3) is 0.480. The average Bonchev–Trinajstić information content (AvgIpc) is 3.21. The summed E-state index contributed by atoms with van der Waals surface area (Å²) in [5, 5.41) is 30.7. The number of aromatic nitrogens is 1. The standard InChI is InChI=1S/C25H28N4O5/c1-15-19(3-4-20-21(15)14-34-25(20)32)23(30)10-28-8-17-12-33-13-18(9-28)29(17)11-24(31)22-5-2-16(6-26)7-27-22/h2-5,7,17-18,23-24,30-31H,8-14H2,1H3. The Labute approximate surface area is 198 Å². The number of β-amino-alcohol motifs (C(OH)–C–C–N with tert-alkyl or cyclic N) is 1. The Morgan fingerprint density at radius 2 is 1.91 bits per heavy atom. The molecule has 4 atom stereocenters. The monoisotopic (exact) mass is 464 g/mol. The van der Waals surface area contributed by atoms with Crippen LogP contribution >= 0.6 is 0 Å². The number of hydrogen-bond acceptors (Lipinski definition) is 9. The highest BCUT2D eigenvalue weighted by Crippen LogP contribution is 2.31. The van der Waals surface area contributed by atoms with Crippen molar-refractivity contribution >= 4 is 5.97 Å². The Morgan fingerprint density at radius 1 is 1.15 bits per heavy atom. The van der Waals surface area contributed by atoms with Gasteiger partial charge in [-0.2, -0.15) is 5.26 Å². The van der Waals surface area contributed by atoms with E-state index in [-0.39, 0.29) is 24.7 Å². The molecule has 34 heavy (non-hydrogen) atoms. The number of carbonyl (C=O) groups excluding carboxylic acids is 1. The molecular weight excluding hydrogens is 436 g/mol. The Bertz CT molecular complexity index is 1100. The molecule has 0 radical (unpaired) electrons. The van der Waals surface area contributed by atoms with Gasteiger partial charge in [-0.3, -0.25) is 14.8 Å². The number of pyridine rings is 1. The molecule has 9 heteroatoms. The number of cyclic esters (lactones) is 1. The highest BCUT2D eigenvalue weighted by atomic mass is 16.5. The van der Waals surface area contributed by atoms with Gasteiger partial charge in [0.2, 0.25) is 0 Å². The van der Waals surface area contributed by atoms with E-state index in [0.29, 0.717) is 56.2 Å². The number of piperazine rings is 1. The molecule has 1 aromatic heterocycles. The minimum Gasteiger partial charge on any atom is -0.457 e. The third kappa shape index (κ3) is 4.31. The molecule has 4 unspecified atom stereocenters. The van der Waals surface area contributed by atoms with Crippen LogP contribution in [-0.4, -0.2) is 82.4 Å². The number of esters is 1. The second kappa shape index (κ2) is 9.41. The van der Waals surface area contributed by atoms with Gasteiger partial charge in [0.05, 0.1) is 36.1 Å². The maximum Gasteiger partial charge on any atom is 0.338 e. The number of ether oxygens (including phenoxy) is 2. The Morgan fingerprint density at radius 3 is 2.59 bits per heavy atom. The second-order valence-corrected chi connectivity index (χ2v) is 9.26. The van der Waals surface area contributed by atoms with Crippen LogP contribution in [-0.2, 0) is 16.1 Å².